The fraction of sp³-hybridized carbons (Fsp3) is 0.0769. The summed E-state index contributed by atoms with van der Waals surface area (Å²) in [7, 11) is 1.86. The van der Waals surface area contributed by atoms with Gasteiger partial charge in [0, 0.05) is 12.7 Å². The maximum Gasteiger partial charge on any atom is 0.127 e. The van der Waals surface area contributed by atoms with E-state index < -0.39 is 0 Å². The molecule has 16 heavy (non-hydrogen) atoms. The van der Waals surface area contributed by atoms with Gasteiger partial charge in [-0.2, -0.15) is 0 Å². The van der Waals surface area contributed by atoms with Crippen LogP contribution in [0.2, 0.25) is 0 Å². The maximum atomic E-state index is 12.7. The van der Waals surface area contributed by atoms with Crippen LogP contribution in [0.15, 0.2) is 48.5 Å². The van der Waals surface area contributed by atoms with Crippen LogP contribution >= 0.6 is 0 Å². The first-order valence-corrected chi connectivity index (χ1v) is 4.99. The Morgan fingerprint density at radius 2 is 1.38 bits per heavy atom. The van der Waals surface area contributed by atoms with Crippen LogP contribution in [0.1, 0.15) is 0 Å². The monoisotopic (exact) mass is 217 g/mol. The summed E-state index contributed by atoms with van der Waals surface area (Å²) >= 11 is 0. The zero-order valence-corrected chi connectivity index (χ0v) is 8.91. The van der Waals surface area contributed by atoms with Gasteiger partial charge in [0.15, 0.2) is 0 Å². The Hall–Kier alpha value is -2.03. The van der Waals surface area contributed by atoms with Crippen LogP contribution in [-0.2, 0) is 0 Å². The fourth-order valence-electron chi connectivity index (χ4n) is 1.33. The summed E-state index contributed by atoms with van der Waals surface area (Å²) < 4.78 is 18.2. The molecule has 0 amide bonds. The number of nitrogens with one attached hydrogen (secondary N) is 1. The molecule has 2 nitrogen and oxygen atoms in total. The third kappa shape index (κ3) is 2.51. The molecule has 0 unspecified atom stereocenters. The largest absolute Gasteiger partial charge is 0.457 e. The second kappa shape index (κ2) is 4.66. The Bertz CT molecular complexity index is 450. The summed E-state index contributed by atoms with van der Waals surface area (Å²) in [5.74, 6) is 1.09. The Morgan fingerprint density at radius 1 is 0.875 bits per heavy atom. The lowest BCUT2D eigenvalue weighted by Crippen LogP contribution is -1.88. The molecule has 0 aliphatic carbocycles. The molecular formula is C13H12FNO. The van der Waals surface area contributed by atoms with Gasteiger partial charge in [-0.3, -0.25) is 0 Å². The van der Waals surface area contributed by atoms with Crippen LogP contribution in [-0.4, -0.2) is 7.05 Å². The van der Waals surface area contributed by atoms with Gasteiger partial charge >= 0.3 is 0 Å². The lowest BCUT2D eigenvalue weighted by Gasteiger charge is -2.06. The first-order chi connectivity index (χ1) is 7.78. The number of halogens is 1. The number of hydrogen-bond donors (Lipinski definition) is 1. The highest BCUT2D eigenvalue weighted by molar-refractivity contribution is 5.46. The van der Waals surface area contributed by atoms with Gasteiger partial charge in [-0.15, -0.1) is 0 Å². The maximum absolute atomic E-state index is 12.7. The second-order valence-electron chi connectivity index (χ2n) is 3.33. The van der Waals surface area contributed by atoms with E-state index in [4.69, 9.17) is 4.74 Å². The summed E-state index contributed by atoms with van der Waals surface area (Å²) in [6, 6.07) is 13.5. The van der Waals surface area contributed by atoms with Gasteiger partial charge in [0.05, 0.1) is 0 Å². The van der Waals surface area contributed by atoms with Crippen LogP contribution in [0.4, 0.5) is 10.1 Å². The van der Waals surface area contributed by atoms with Gasteiger partial charge in [-0.25, -0.2) is 4.39 Å². The van der Waals surface area contributed by atoms with E-state index in [1.165, 1.54) is 12.1 Å². The summed E-state index contributed by atoms with van der Waals surface area (Å²) in [4.78, 5) is 0. The highest BCUT2D eigenvalue weighted by atomic mass is 19.1. The molecule has 2 aromatic carbocycles. The van der Waals surface area contributed by atoms with Gasteiger partial charge < -0.3 is 10.1 Å². The third-order valence-corrected chi connectivity index (χ3v) is 2.19. The molecule has 3 heteroatoms. The van der Waals surface area contributed by atoms with Crippen molar-refractivity contribution in [1.29, 1.82) is 0 Å². The number of rotatable bonds is 3. The molecule has 1 N–H and O–H groups in total. The van der Waals surface area contributed by atoms with Crippen LogP contribution in [0.3, 0.4) is 0 Å². The van der Waals surface area contributed by atoms with Crippen LogP contribution in [0.5, 0.6) is 11.5 Å². The molecule has 0 aromatic heterocycles. The molecule has 0 fully saturated rings. The van der Waals surface area contributed by atoms with Crippen molar-refractivity contribution in [2.24, 2.45) is 0 Å². The van der Waals surface area contributed by atoms with Crippen LogP contribution < -0.4 is 10.1 Å². The van der Waals surface area contributed by atoms with E-state index in [0.717, 1.165) is 11.4 Å². The molecule has 2 rings (SSSR count). The van der Waals surface area contributed by atoms with E-state index in [9.17, 15) is 4.39 Å². The van der Waals surface area contributed by atoms with Crippen molar-refractivity contribution in [3.63, 3.8) is 0 Å². The van der Waals surface area contributed by atoms with Crippen molar-refractivity contribution < 1.29 is 9.13 Å². The summed E-state index contributed by atoms with van der Waals surface area (Å²) in [5.41, 5.74) is 1.02. The summed E-state index contributed by atoms with van der Waals surface area (Å²) in [5, 5.41) is 3.02. The SMILES string of the molecule is CNc1ccc(Oc2ccc(F)cc2)cc1. The number of anilines is 1. The van der Waals surface area contributed by atoms with E-state index in [1.54, 1.807) is 12.1 Å². The fourth-order valence-corrected chi connectivity index (χ4v) is 1.33. The molecule has 0 radical (unpaired) electrons. The van der Waals surface area contributed by atoms with Crippen molar-refractivity contribution in [2.75, 3.05) is 12.4 Å². The minimum atomic E-state index is -0.266. The molecule has 0 aliphatic heterocycles. The summed E-state index contributed by atoms with van der Waals surface area (Å²) in [6.45, 7) is 0. The lowest BCUT2D eigenvalue weighted by molar-refractivity contribution is 0.480. The van der Waals surface area contributed by atoms with E-state index in [-0.39, 0.29) is 5.82 Å². The minimum Gasteiger partial charge on any atom is -0.457 e. The average molecular weight is 217 g/mol. The van der Waals surface area contributed by atoms with E-state index >= 15 is 0 Å². The number of benzene rings is 2. The van der Waals surface area contributed by atoms with Crippen molar-refractivity contribution >= 4 is 5.69 Å². The van der Waals surface area contributed by atoms with Gasteiger partial charge in [-0.05, 0) is 48.5 Å². The molecule has 2 aromatic rings. The molecule has 82 valence electrons. The number of ether oxygens (including phenoxy) is 1. The van der Waals surface area contributed by atoms with Crippen LogP contribution in [0.25, 0.3) is 0 Å². The molecule has 0 bridgehead atoms. The van der Waals surface area contributed by atoms with Crippen molar-refractivity contribution in [3.8, 4) is 11.5 Å². The quantitative estimate of drug-likeness (QED) is 0.847. The standard InChI is InChI=1S/C13H12FNO/c1-15-11-4-8-13(9-5-11)16-12-6-2-10(14)3-7-12/h2-9,15H,1H3. The molecule has 0 atom stereocenters. The van der Waals surface area contributed by atoms with E-state index in [1.807, 2.05) is 31.3 Å². The second-order valence-corrected chi connectivity index (χ2v) is 3.33. The molecule has 0 spiro atoms. The van der Waals surface area contributed by atoms with Gasteiger partial charge in [-0.1, -0.05) is 0 Å². The zero-order valence-electron chi connectivity index (χ0n) is 8.91. The molecule has 0 saturated heterocycles. The molecule has 0 aliphatic rings. The van der Waals surface area contributed by atoms with Crippen molar-refractivity contribution in [2.45, 2.75) is 0 Å². The van der Waals surface area contributed by atoms with Gasteiger partial charge in [0.2, 0.25) is 0 Å². The Balaban J connectivity index is 2.11. The molecular weight excluding hydrogens is 205 g/mol. The smallest absolute Gasteiger partial charge is 0.127 e. The van der Waals surface area contributed by atoms with E-state index in [2.05, 4.69) is 5.32 Å². The Kier molecular flexibility index (Phi) is 3.05. The Labute approximate surface area is 93.7 Å². The zero-order chi connectivity index (χ0) is 11.4. The minimum absolute atomic E-state index is 0.266. The van der Waals surface area contributed by atoms with Crippen LogP contribution in [0, 0.1) is 5.82 Å². The van der Waals surface area contributed by atoms with E-state index in [0.29, 0.717) is 5.75 Å². The van der Waals surface area contributed by atoms with Crippen molar-refractivity contribution in [3.05, 3.63) is 54.3 Å². The first kappa shape index (κ1) is 10.5. The Morgan fingerprint density at radius 3 is 1.88 bits per heavy atom. The number of hydrogen-bond acceptors (Lipinski definition) is 2. The molecule has 0 saturated carbocycles. The predicted molar refractivity (Wildman–Crippen MR) is 62.5 cm³/mol. The highest BCUT2D eigenvalue weighted by Gasteiger charge is 1.97. The topological polar surface area (TPSA) is 21.3 Å². The lowest BCUT2D eigenvalue weighted by atomic mass is 10.3. The van der Waals surface area contributed by atoms with Gasteiger partial charge in [0.25, 0.3) is 0 Å². The third-order valence-electron chi connectivity index (χ3n) is 2.19. The normalized spacial score (nSPS) is 9.88. The average Bonchev–Trinajstić information content (AvgIpc) is 2.33. The van der Waals surface area contributed by atoms with Gasteiger partial charge in [0.1, 0.15) is 17.3 Å². The predicted octanol–water partition coefficient (Wildman–Crippen LogP) is 3.66. The van der Waals surface area contributed by atoms with Crippen molar-refractivity contribution in [1.82, 2.24) is 0 Å². The first-order valence-electron chi connectivity index (χ1n) is 4.99. The summed E-state index contributed by atoms with van der Waals surface area (Å²) in [6.07, 6.45) is 0. The highest BCUT2D eigenvalue weighted by Crippen LogP contribution is 2.22. The molecule has 0 heterocycles.